The molecule has 0 saturated carbocycles. The van der Waals surface area contributed by atoms with Crippen molar-refractivity contribution in [3.05, 3.63) is 175 Å². The largest absolute Gasteiger partial charge is 0.245 e. The number of pyridine rings is 2. The SMILES string of the molecule is Cc1cc(-c2ccccc2)nc2c1ccc1ccc(-c3ccc(-c4cccc(-c5nc(-c6ccccc6)nc(-c6ccccc6)n5)c4)cc3)nc12. The molecular formula is C46H31N5. The van der Waals surface area contributed by atoms with E-state index in [1.54, 1.807) is 0 Å². The lowest BCUT2D eigenvalue weighted by Gasteiger charge is -2.11. The molecule has 5 heteroatoms. The molecule has 0 N–H and O–H groups in total. The van der Waals surface area contributed by atoms with Gasteiger partial charge in [-0.1, -0.05) is 152 Å². The minimum absolute atomic E-state index is 0.632. The Labute approximate surface area is 296 Å². The Kier molecular flexibility index (Phi) is 7.63. The van der Waals surface area contributed by atoms with Gasteiger partial charge in [0, 0.05) is 38.6 Å². The monoisotopic (exact) mass is 653 g/mol. The molecule has 0 aliphatic heterocycles. The Hall–Kier alpha value is -6.85. The molecule has 6 aromatic carbocycles. The van der Waals surface area contributed by atoms with Gasteiger partial charge in [-0.3, -0.25) is 0 Å². The number of hydrogen-bond donors (Lipinski definition) is 0. The molecule has 3 heterocycles. The van der Waals surface area contributed by atoms with Gasteiger partial charge in [-0.05, 0) is 41.8 Å². The van der Waals surface area contributed by atoms with Crippen molar-refractivity contribution < 1.29 is 0 Å². The summed E-state index contributed by atoms with van der Waals surface area (Å²) in [5, 5.41) is 2.19. The summed E-state index contributed by atoms with van der Waals surface area (Å²) in [6, 6.07) is 58.1. The van der Waals surface area contributed by atoms with Gasteiger partial charge < -0.3 is 0 Å². The molecule has 0 atom stereocenters. The van der Waals surface area contributed by atoms with Crippen molar-refractivity contribution in [1.29, 1.82) is 0 Å². The maximum absolute atomic E-state index is 5.19. The fourth-order valence-electron chi connectivity index (χ4n) is 6.57. The third-order valence-electron chi connectivity index (χ3n) is 9.25. The lowest BCUT2D eigenvalue weighted by atomic mass is 9.99. The van der Waals surface area contributed by atoms with Crippen LogP contribution in [0.15, 0.2) is 170 Å². The highest BCUT2D eigenvalue weighted by Gasteiger charge is 2.14. The molecule has 0 aliphatic carbocycles. The molecule has 51 heavy (non-hydrogen) atoms. The quantitative estimate of drug-likeness (QED) is 0.167. The van der Waals surface area contributed by atoms with Crippen molar-refractivity contribution in [3.63, 3.8) is 0 Å². The highest BCUT2D eigenvalue weighted by atomic mass is 15.0. The fraction of sp³-hybridized carbons (Fsp3) is 0.0217. The smallest absolute Gasteiger partial charge is 0.164 e. The summed E-state index contributed by atoms with van der Waals surface area (Å²) < 4.78 is 0. The van der Waals surface area contributed by atoms with Crippen LogP contribution >= 0.6 is 0 Å². The second-order valence-corrected chi connectivity index (χ2v) is 12.6. The predicted molar refractivity (Wildman–Crippen MR) is 208 cm³/mol. The van der Waals surface area contributed by atoms with Crippen LogP contribution in [0.25, 0.3) is 89.6 Å². The van der Waals surface area contributed by atoms with E-state index >= 15 is 0 Å². The first-order valence-corrected chi connectivity index (χ1v) is 17.0. The average Bonchev–Trinajstić information content (AvgIpc) is 3.21. The second kappa shape index (κ2) is 12.9. The van der Waals surface area contributed by atoms with Gasteiger partial charge in [-0.2, -0.15) is 0 Å². The van der Waals surface area contributed by atoms with Crippen LogP contribution in [0.4, 0.5) is 0 Å². The fourth-order valence-corrected chi connectivity index (χ4v) is 6.57. The van der Waals surface area contributed by atoms with Crippen LogP contribution in [-0.2, 0) is 0 Å². The summed E-state index contributed by atoms with van der Waals surface area (Å²) in [5.41, 5.74) is 12.0. The predicted octanol–water partition coefficient (Wildman–Crippen LogP) is 11.3. The number of rotatable bonds is 6. The Bertz CT molecular complexity index is 2620. The van der Waals surface area contributed by atoms with E-state index in [2.05, 4.69) is 97.9 Å². The van der Waals surface area contributed by atoms with Crippen LogP contribution in [0.3, 0.4) is 0 Å². The maximum Gasteiger partial charge on any atom is 0.164 e. The van der Waals surface area contributed by atoms with Crippen LogP contribution in [0.5, 0.6) is 0 Å². The summed E-state index contributed by atoms with van der Waals surface area (Å²) in [5.74, 6) is 1.92. The van der Waals surface area contributed by atoms with E-state index in [1.165, 1.54) is 5.56 Å². The first-order valence-electron chi connectivity index (χ1n) is 17.0. The average molecular weight is 654 g/mol. The van der Waals surface area contributed by atoms with Gasteiger partial charge in [0.2, 0.25) is 0 Å². The Morgan fingerprint density at radius 3 is 1.45 bits per heavy atom. The highest BCUT2D eigenvalue weighted by Crippen LogP contribution is 2.33. The van der Waals surface area contributed by atoms with Crippen LogP contribution in [0.1, 0.15) is 5.56 Å². The molecule has 9 aromatic rings. The van der Waals surface area contributed by atoms with Crippen LogP contribution in [-0.4, -0.2) is 24.9 Å². The third-order valence-corrected chi connectivity index (χ3v) is 9.25. The second-order valence-electron chi connectivity index (χ2n) is 12.6. The zero-order chi connectivity index (χ0) is 34.1. The molecule has 5 nitrogen and oxygen atoms in total. The van der Waals surface area contributed by atoms with Crippen molar-refractivity contribution >= 4 is 21.8 Å². The zero-order valence-electron chi connectivity index (χ0n) is 27.9. The van der Waals surface area contributed by atoms with Crippen LogP contribution < -0.4 is 0 Å². The Morgan fingerprint density at radius 2 is 0.804 bits per heavy atom. The van der Waals surface area contributed by atoms with Crippen molar-refractivity contribution in [3.8, 4) is 67.8 Å². The summed E-state index contributed by atoms with van der Waals surface area (Å²) in [6.07, 6.45) is 0. The first kappa shape index (κ1) is 30.2. The van der Waals surface area contributed by atoms with Gasteiger partial charge >= 0.3 is 0 Å². The van der Waals surface area contributed by atoms with E-state index < -0.39 is 0 Å². The maximum atomic E-state index is 5.19. The highest BCUT2D eigenvalue weighted by molar-refractivity contribution is 6.05. The topological polar surface area (TPSA) is 64.5 Å². The van der Waals surface area contributed by atoms with Gasteiger partial charge in [0.25, 0.3) is 0 Å². The normalized spacial score (nSPS) is 11.2. The molecule has 9 rings (SSSR count). The van der Waals surface area contributed by atoms with E-state index in [1.807, 2.05) is 78.9 Å². The van der Waals surface area contributed by atoms with E-state index in [4.69, 9.17) is 24.9 Å². The molecule has 0 fully saturated rings. The van der Waals surface area contributed by atoms with Gasteiger partial charge in [0.1, 0.15) is 0 Å². The van der Waals surface area contributed by atoms with Gasteiger partial charge in [0.05, 0.1) is 22.4 Å². The molecule has 0 unspecified atom stereocenters. The zero-order valence-corrected chi connectivity index (χ0v) is 27.9. The minimum Gasteiger partial charge on any atom is -0.245 e. The lowest BCUT2D eigenvalue weighted by molar-refractivity contribution is 1.07. The van der Waals surface area contributed by atoms with E-state index in [0.717, 1.165) is 72.1 Å². The number of fused-ring (bicyclic) bond motifs is 3. The summed E-state index contributed by atoms with van der Waals surface area (Å²) in [4.78, 5) is 25.0. The Morgan fingerprint density at radius 1 is 0.314 bits per heavy atom. The molecular weight excluding hydrogens is 623 g/mol. The molecule has 0 bridgehead atoms. The Balaban J connectivity index is 1.07. The number of aromatic nitrogens is 5. The number of aryl methyl sites for hydroxylation is 1. The van der Waals surface area contributed by atoms with E-state index in [-0.39, 0.29) is 0 Å². The third kappa shape index (κ3) is 5.91. The van der Waals surface area contributed by atoms with Crippen molar-refractivity contribution in [2.24, 2.45) is 0 Å². The van der Waals surface area contributed by atoms with E-state index in [9.17, 15) is 0 Å². The van der Waals surface area contributed by atoms with Crippen LogP contribution in [0.2, 0.25) is 0 Å². The van der Waals surface area contributed by atoms with Crippen molar-refractivity contribution in [1.82, 2.24) is 24.9 Å². The molecule has 0 radical (unpaired) electrons. The van der Waals surface area contributed by atoms with Gasteiger partial charge in [0.15, 0.2) is 17.5 Å². The molecule has 0 aliphatic rings. The molecule has 240 valence electrons. The lowest BCUT2D eigenvalue weighted by Crippen LogP contribution is -2.00. The molecule has 0 amide bonds. The summed E-state index contributed by atoms with van der Waals surface area (Å²) >= 11 is 0. The number of hydrogen-bond acceptors (Lipinski definition) is 5. The molecule has 3 aromatic heterocycles. The summed E-state index contributed by atoms with van der Waals surface area (Å²) in [6.45, 7) is 2.14. The van der Waals surface area contributed by atoms with Gasteiger partial charge in [-0.25, -0.2) is 24.9 Å². The summed E-state index contributed by atoms with van der Waals surface area (Å²) in [7, 11) is 0. The molecule has 0 spiro atoms. The molecule has 0 saturated heterocycles. The standard InChI is InChI=1S/C46H31N5/c1-30-28-41(32-12-5-2-6-13-32)48-43-39(30)26-24-34-25-27-40(47-42(34)43)33-22-20-31(21-23-33)37-18-11-19-38(29-37)46-50-44(35-14-7-3-8-15-35)49-45(51-46)36-16-9-4-10-17-36/h2-29H,1H3. The van der Waals surface area contributed by atoms with Gasteiger partial charge in [-0.15, -0.1) is 0 Å². The van der Waals surface area contributed by atoms with E-state index in [0.29, 0.717) is 17.5 Å². The van der Waals surface area contributed by atoms with Crippen molar-refractivity contribution in [2.45, 2.75) is 6.92 Å². The van der Waals surface area contributed by atoms with Crippen LogP contribution in [0, 0.1) is 6.92 Å². The minimum atomic E-state index is 0.632. The first-order chi connectivity index (χ1) is 25.2. The number of nitrogens with zero attached hydrogens (tertiary/aromatic N) is 5. The number of benzene rings is 6. The van der Waals surface area contributed by atoms with Crippen molar-refractivity contribution in [2.75, 3.05) is 0 Å².